The molecule has 6 nitrogen and oxygen atoms in total. The van der Waals surface area contributed by atoms with Crippen molar-refractivity contribution >= 4 is 32.9 Å². The Morgan fingerprint density at radius 1 is 1.10 bits per heavy atom. The summed E-state index contributed by atoms with van der Waals surface area (Å²) in [6, 6.07) is 15.1. The number of benzene rings is 2. The normalized spacial score (nSPS) is 12.7. The highest BCUT2D eigenvalue weighted by Gasteiger charge is 2.21. The summed E-state index contributed by atoms with van der Waals surface area (Å²) in [6.07, 6.45) is 6.30. The molecule has 0 atom stereocenters. The molecule has 0 aliphatic heterocycles. The summed E-state index contributed by atoms with van der Waals surface area (Å²) in [7, 11) is -4.17. The zero-order chi connectivity index (χ0) is 22.7. The van der Waals surface area contributed by atoms with Gasteiger partial charge in [0, 0.05) is 4.90 Å². The number of hydrogen-bond donors (Lipinski definition) is 0. The Labute approximate surface area is 187 Å². The third kappa shape index (κ3) is 8.07. The van der Waals surface area contributed by atoms with E-state index < -0.39 is 16.1 Å². The average Bonchev–Trinajstić information content (AvgIpc) is 2.77. The van der Waals surface area contributed by atoms with Crippen LogP contribution in [0.15, 0.2) is 93.3 Å². The van der Waals surface area contributed by atoms with E-state index in [9.17, 15) is 13.2 Å². The molecule has 2 aromatic carbocycles. The van der Waals surface area contributed by atoms with Gasteiger partial charge in [-0.1, -0.05) is 78.0 Å². The van der Waals surface area contributed by atoms with Crippen LogP contribution in [0, 0.1) is 6.92 Å². The molecule has 0 spiro atoms. The zero-order valence-electron chi connectivity index (χ0n) is 17.6. The van der Waals surface area contributed by atoms with Crippen LogP contribution in [0.2, 0.25) is 0 Å². The first-order valence-corrected chi connectivity index (χ1v) is 11.9. The minimum atomic E-state index is -4.17. The number of esters is 1. The molecular formula is C23H25NO5S2. The van der Waals surface area contributed by atoms with Gasteiger partial charge in [-0.25, -0.2) is 4.79 Å². The van der Waals surface area contributed by atoms with Crippen molar-refractivity contribution in [3.63, 3.8) is 0 Å². The van der Waals surface area contributed by atoms with E-state index in [1.54, 1.807) is 36.4 Å². The van der Waals surface area contributed by atoms with Gasteiger partial charge in [-0.2, -0.15) is 8.42 Å². The van der Waals surface area contributed by atoms with E-state index in [1.165, 1.54) is 12.1 Å². The van der Waals surface area contributed by atoms with Crippen molar-refractivity contribution < 1.29 is 22.2 Å². The van der Waals surface area contributed by atoms with E-state index in [0.717, 1.165) is 22.9 Å². The summed E-state index contributed by atoms with van der Waals surface area (Å²) < 4.78 is 35.1. The molecule has 0 saturated heterocycles. The van der Waals surface area contributed by atoms with E-state index in [1.807, 2.05) is 45.1 Å². The Hall–Kier alpha value is -2.84. The lowest BCUT2D eigenvalue weighted by atomic mass is 10.2. The van der Waals surface area contributed by atoms with E-state index in [2.05, 4.69) is 5.16 Å². The molecule has 8 heteroatoms. The van der Waals surface area contributed by atoms with Crippen molar-refractivity contribution in [2.24, 2.45) is 5.16 Å². The first kappa shape index (κ1) is 24.4. The molecule has 0 N–H and O–H groups in total. The number of oxime groups is 1. The van der Waals surface area contributed by atoms with Crippen molar-refractivity contribution in [2.75, 3.05) is 6.61 Å². The number of rotatable bonds is 8. The van der Waals surface area contributed by atoms with E-state index >= 15 is 0 Å². The topological polar surface area (TPSA) is 82.0 Å². The van der Waals surface area contributed by atoms with Gasteiger partial charge in [0.05, 0.1) is 0 Å². The molecule has 2 rings (SSSR count). The van der Waals surface area contributed by atoms with Gasteiger partial charge in [-0.3, -0.25) is 4.28 Å². The fourth-order valence-electron chi connectivity index (χ4n) is 2.25. The lowest BCUT2D eigenvalue weighted by molar-refractivity contribution is -0.134. The van der Waals surface area contributed by atoms with E-state index in [4.69, 9.17) is 9.02 Å². The summed E-state index contributed by atoms with van der Waals surface area (Å²) in [5.41, 5.74) is 1.81. The maximum atomic E-state index is 12.6. The lowest BCUT2D eigenvalue weighted by Crippen LogP contribution is -2.17. The Kier molecular flexibility index (Phi) is 9.55. The maximum absolute atomic E-state index is 12.6. The van der Waals surface area contributed by atoms with Crippen LogP contribution in [0.25, 0.3) is 0 Å². The highest BCUT2D eigenvalue weighted by atomic mass is 32.2. The maximum Gasteiger partial charge on any atom is 0.367 e. The highest BCUT2D eigenvalue weighted by molar-refractivity contribution is 8.15. The van der Waals surface area contributed by atoms with Crippen LogP contribution in [0.1, 0.15) is 25.8 Å². The van der Waals surface area contributed by atoms with E-state index in [0.29, 0.717) is 11.3 Å². The zero-order valence-corrected chi connectivity index (χ0v) is 19.3. The molecule has 2 aromatic rings. The fourth-order valence-corrected chi connectivity index (χ4v) is 3.76. The molecule has 0 heterocycles. The summed E-state index contributed by atoms with van der Waals surface area (Å²) in [5.74, 6) is -0.771. The van der Waals surface area contributed by atoms with Gasteiger partial charge in [0.25, 0.3) is 0 Å². The van der Waals surface area contributed by atoms with Gasteiger partial charge < -0.3 is 4.74 Å². The Morgan fingerprint density at radius 3 is 2.39 bits per heavy atom. The molecule has 31 heavy (non-hydrogen) atoms. The van der Waals surface area contributed by atoms with Crippen LogP contribution in [-0.2, 0) is 23.9 Å². The largest absolute Gasteiger partial charge is 0.456 e. The summed E-state index contributed by atoms with van der Waals surface area (Å²) in [5, 5.41) is 3.42. The van der Waals surface area contributed by atoms with Crippen LogP contribution in [0.3, 0.4) is 0 Å². The second-order valence-corrected chi connectivity index (χ2v) is 9.02. The molecule has 0 aromatic heterocycles. The summed E-state index contributed by atoms with van der Waals surface area (Å²) in [6.45, 7) is 5.76. The average molecular weight is 460 g/mol. The molecular weight excluding hydrogens is 434 g/mol. The monoisotopic (exact) mass is 459 g/mol. The fraction of sp³-hybridized carbons (Fsp3) is 0.217. The smallest absolute Gasteiger partial charge is 0.367 e. The molecule has 0 bridgehead atoms. The highest BCUT2D eigenvalue weighted by Crippen LogP contribution is 2.22. The number of carbonyl (C=O) groups excluding carboxylic acids is 1. The van der Waals surface area contributed by atoms with Gasteiger partial charge in [-0.15, -0.1) is 0 Å². The van der Waals surface area contributed by atoms with Gasteiger partial charge in [0.15, 0.2) is 0 Å². The van der Waals surface area contributed by atoms with Gasteiger partial charge in [0.1, 0.15) is 11.5 Å². The van der Waals surface area contributed by atoms with Crippen LogP contribution in [0.4, 0.5) is 0 Å². The number of thioether (sulfide) groups is 1. The number of hydrogen-bond acceptors (Lipinski definition) is 7. The molecule has 0 radical (unpaired) electrons. The van der Waals surface area contributed by atoms with Crippen molar-refractivity contribution in [3.05, 3.63) is 84.0 Å². The SMILES string of the molecule is C/C=C\C=C(/CC)COC(=O)/C(=N/OS(=O)(=O)c1ccc(C)cc1)Sc1ccccc1. The second kappa shape index (κ2) is 12.1. The van der Waals surface area contributed by atoms with Crippen molar-refractivity contribution in [1.82, 2.24) is 0 Å². The minimum Gasteiger partial charge on any atom is -0.456 e. The van der Waals surface area contributed by atoms with Crippen LogP contribution < -0.4 is 0 Å². The molecule has 0 fully saturated rings. The number of carbonyl (C=O) groups is 1. The van der Waals surface area contributed by atoms with Crippen molar-refractivity contribution in [1.29, 1.82) is 0 Å². The van der Waals surface area contributed by atoms with Crippen LogP contribution in [0.5, 0.6) is 0 Å². The second-order valence-electron chi connectivity index (χ2n) is 6.43. The third-order valence-electron chi connectivity index (χ3n) is 4.03. The predicted molar refractivity (Wildman–Crippen MR) is 123 cm³/mol. The molecule has 0 saturated carbocycles. The first-order chi connectivity index (χ1) is 14.9. The summed E-state index contributed by atoms with van der Waals surface area (Å²) in [4.78, 5) is 13.3. The minimum absolute atomic E-state index is 0.0539. The Bertz CT molecular complexity index is 1060. The predicted octanol–water partition coefficient (Wildman–Crippen LogP) is 5.26. The molecule has 164 valence electrons. The van der Waals surface area contributed by atoms with Crippen LogP contribution >= 0.6 is 11.8 Å². The quantitative estimate of drug-likeness (QED) is 0.134. The number of allylic oxidation sites excluding steroid dienone is 3. The Balaban J connectivity index is 2.22. The number of ether oxygens (including phenoxy) is 1. The standard InChI is InChI=1S/C23H25NO5S2/c1-4-6-10-19(5-2)17-28-23(25)22(30-20-11-8-7-9-12-20)24-29-31(26,27)21-15-13-18(3)14-16-21/h4,6-16H,5,17H2,1-3H3/b6-4-,19-10+,24-22-. The molecule has 0 aliphatic rings. The van der Waals surface area contributed by atoms with Crippen LogP contribution in [-0.4, -0.2) is 26.0 Å². The van der Waals surface area contributed by atoms with Gasteiger partial charge >= 0.3 is 16.1 Å². The third-order valence-corrected chi connectivity index (χ3v) is 6.09. The summed E-state index contributed by atoms with van der Waals surface area (Å²) >= 11 is 0.965. The van der Waals surface area contributed by atoms with Crippen molar-refractivity contribution in [3.8, 4) is 0 Å². The molecule has 0 amide bonds. The van der Waals surface area contributed by atoms with E-state index in [-0.39, 0.29) is 16.5 Å². The number of aryl methyl sites for hydroxylation is 1. The molecule has 0 aliphatic carbocycles. The van der Waals surface area contributed by atoms with Gasteiger partial charge in [-0.05, 0) is 50.1 Å². The number of nitrogens with zero attached hydrogens (tertiary/aromatic N) is 1. The Morgan fingerprint density at radius 2 is 1.77 bits per heavy atom. The van der Waals surface area contributed by atoms with Crippen molar-refractivity contribution in [2.45, 2.75) is 37.0 Å². The first-order valence-electron chi connectivity index (χ1n) is 9.64. The molecule has 0 unspecified atom stereocenters. The van der Waals surface area contributed by atoms with Gasteiger partial charge in [0.2, 0.25) is 5.04 Å². The lowest BCUT2D eigenvalue weighted by Gasteiger charge is -2.09.